The van der Waals surface area contributed by atoms with E-state index in [1.165, 1.54) is 6.20 Å². The number of anilines is 2. The average molecular weight is 290 g/mol. The number of rotatable bonds is 6. The van der Waals surface area contributed by atoms with E-state index in [9.17, 15) is 4.79 Å². The van der Waals surface area contributed by atoms with Crippen LogP contribution >= 0.6 is 0 Å². The van der Waals surface area contributed by atoms with Crippen molar-refractivity contribution in [3.8, 4) is 0 Å². The lowest BCUT2D eigenvalue weighted by Crippen LogP contribution is -2.28. The number of hydrogen-bond acceptors (Lipinski definition) is 6. The summed E-state index contributed by atoms with van der Waals surface area (Å²) in [5.41, 5.74) is 1.13. The Hall–Kier alpha value is -2.48. The smallest absolute Gasteiger partial charge is 0.320 e. The Kier molecular flexibility index (Phi) is 5.22. The minimum atomic E-state index is -0.319. The number of pyridine rings is 1. The molecule has 2 heterocycles. The van der Waals surface area contributed by atoms with Crippen molar-refractivity contribution in [3.05, 3.63) is 18.3 Å². The van der Waals surface area contributed by atoms with Crippen molar-refractivity contribution in [2.24, 2.45) is 0 Å². The first-order valence-corrected chi connectivity index (χ1v) is 6.64. The van der Waals surface area contributed by atoms with Gasteiger partial charge in [0.05, 0.1) is 12.8 Å². The quantitative estimate of drug-likeness (QED) is 0.692. The molecule has 0 fully saturated rings. The van der Waals surface area contributed by atoms with Gasteiger partial charge in [0.25, 0.3) is 0 Å². The number of carbonyl (C=O) groups excluding carboxylic acids is 1. The topological polar surface area (TPSA) is 101 Å². The highest BCUT2D eigenvalue weighted by molar-refractivity contribution is 5.88. The number of amides is 2. The molecule has 2 rings (SSSR count). The normalized spacial score (nSPS) is 10.4. The van der Waals surface area contributed by atoms with Gasteiger partial charge in [-0.2, -0.15) is 0 Å². The summed E-state index contributed by atoms with van der Waals surface area (Å²) in [6.45, 7) is 3.62. The van der Waals surface area contributed by atoms with Gasteiger partial charge in [0, 0.05) is 20.2 Å². The highest BCUT2D eigenvalue weighted by atomic mass is 16.5. The number of ether oxygens (including phenoxy) is 1. The second-order valence-corrected chi connectivity index (χ2v) is 4.20. The maximum atomic E-state index is 11.5. The zero-order valence-corrected chi connectivity index (χ0v) is 12.0. The van der Waals surface area contributed by atoms with Crippen LogP contribution in [0.5, 0.6) is 0 Å². The van der Waals surface area contributed by atoms with E-state index >= 15 is 0 Å². The van der Waals surface area contributed by atoms with Crippen molar-refractivity contribution in [1.29, 1.82) is 0 Å². The lowest BCUT2D eigenvalue weighted by atomic mass is 10.4. The molecular weight excluding hydrogens is 272 g/mol. The van der Waals surface area contributed by atoms with Gasteiger partial charge in [0.15, 0.2) is 11.5 Å². The summed E-state index contributed by atoms with van der Waals surface area (Å²) in [6, 6.07) is 3.32. The SMILES string of the molecule is CCNC(=O)Nc1cnc2ccc(NCCOC)nc2n1. The first-order valence-electron chi connectivity index (χ1n) is 6.64. The molecule has 2 aromatic heterocycles. The van der Waals surface area contributed by atoms with Crippen LogP contribution in [0.15, 0.2) is 18.3 Å². The summed E-state index contributed by atoms with van der Waals surface area (Å²) in [5.74, 6) is 1.04. The molecule has 112 valence electrons. The summed E-state index contributed by atoms with van der Waals surface area (Å²) >= 11 is 0. The van der Waals surface area contributed by atoms with Crippen molar-refractivity contribution in [1.82, 2.24) is 20.3 Å². The number of carbonyl (C=O) groups is 1. The summed E-state index contributed by atoms with van der Waals surface area (Å²) in [4.78, 5) is 24.3. The second kappa shape index (κ2) is 7.34. The lowest BCUT2D eigenvalue weighted by molar-refractivity contribution is 0.210. The van der Waals surface area contributed by atoms with Crippen LogP contribution in [0.3, 0.4) is 0 Å². The third-order valence-corrected chi connectivity index (χ3v) is 2.60. The van der Waals surface area contributed by atoms with Crippen LogP contribution in [-0.4, -0.2) is 47.8 Å². The number of aromatic nitrogens is 3. The van der Waals surface area contributed by atoms with Crippen LogP contribution in [-0.2, 0) is 4.74 Å². The number of nitrogens with one attached hydrogen (secondary N) is 3. The van der Waals surface area contributed by atoms with Gasteiger partial charge < -0.3 is 15.4 Å². The van der Waals surface area contributed by atoms with E-state index in [0.29, 0.717) is 42.5 Å². The fourth-order valence-electron chi connectivity index (χ4n) is 1.66. The maximum absolute atomic E-state index is 11.5. The minimum Gasteiger partial charge on any atom is -0.383 e. The third-order valence-electron chi connectivity index (χ3n) is 2.60. The Morgan fingerprint density at radius 2 is 2.10 bits per heavy atom. The van der Waals surface area contributed by atoms with E-state index in [0.717, 1.165) is 0 Å². The number of nitrogens with zero attached hydrogens (tertiary/aromatic N) is 3. The van der Waals surface area contributed by atoms with E-state index < -0.39 is 0 Å². The highest BCUT2D eigenvalue weighted by Crippen LogP contribution is 2.13. The largest absolute Gasteiger partial charge is 0.383 e. The van der Waals surface area contributed by atoms with Crippen molar-refractivity contribution in [2.75, 3.05) is 37.4 Å². The maximum Gasteiger partial charge on any atom is 0.320 e. The molecule has 2 amide bonds. The molecule has 21 heavy (non-hydrogen) atoms. The van der Waals surface area contributed by atoms with Crippen LogP contribution < -0.4 is 16.0 Å². The number of urea groups is 1. The van der Waals surface area contributed by atoms with Gasteiger partial charge in [-0.25, -0.2) is 19.7 Å². The van der Waals surface area contributed by atoms with Gasteiger partial charge in [0.1, 0.15) is 11.3 Å². The van der Waals surface area contributed by atoms with E-state index in [-0.39, 0.29) is 6.03 Å². The van der Waals surface area contributed by atoms with Crippen LogP contribution in [0.4, 0.5) is 16.4 Å². The molecule has 0 bridgehead atoms. The van der Waals surface area contributed by atoms with Crippen LogP contribution in [0.2, 0.25) is 0 Å². The second-order valence-electron chi connectivity index (χ2n) is 4.20. The van der Waals surface area contributed by atoms with Gasteiger partial charge in [-0.15, -0.1) is 0 Å². The van der Waals surface area contributed by atoms with Gasteiger partial charge in [-0.1, -0.05) is 0 Å². The van der Waals surface area contributed by atoms with Gasteiger partial charge in [0.2, 0.25) is 0 Å². The molecule has 0 saturated carbocycles. The van der Waals surface area contributed by atoms with E-state index in [1.807, 2.05) is 19.1 Å². The predicted molar refractivity (Wildman–Crippen MR) is 80.4 cm³/mol. The first kappa shape index (κ1) is 14.9. The van der Waals surface area contributed by atoms with Crippen molar-refractivity contribution in [2.45, 2.75) is 6.92 Å². The molecule has 2 aromatic rings. The van der Waals surface area contributed by atoms with Crippen molar-refractivity contribution < 1.29 is 9.53 Å². The Morgan fingerprint density at radius 3 is 2.86 bits per heavy atom. The summed E-state index contributed by atoms with van der Waals surface area (Å²) < 4.78 is 4.96. The van der Waals surface area contributed by atoms with E-state index in [4.69, 9.17) is 4.74 Å². The van der Waals surface area contributed by atoms with Crippen molar-refractivity contribution in [3.63, 3.8) is 0 Å². The lowest BCUT2D eigenvalue weighted by Gasteiger charge is -2.07. The predicted octanol–water partition coefficient (Wildman–Crippen LogP) is 1.22. The molecule has 0 atom stereocenters. The molecule has 0 aliphatic heterocycles. The molecule has 0 aliphatic rings. The fraction of sp³-hybridized carbons (Fsp3) is 0.385. The molecule has 0 saturated heterocycles. The van der Waals surface area contributed by atoms with Crippen molar-refractivity contribution >= 4 is 28.8 Å². The van der Waals surface area contributed by atoms with E-state index in [2.05, 4.69) is 30.9 Å². The third kappa shape index (κ3) is 4.25. The molecule has 0 radical (unpaired) electrons. The van der Waals surface area contributed by atoms with Crippen LogP contribution in [0.25, 0.3) is 11.2 Å². The Balaban J connectivity index is 2.13. The molecule has 0 aliphatic carbocycles. The molecule has 8 nitrogen and oxygen atoms in total. The summed E-state index contributed by atoms with van der Waals surface area (Å²) in [7, 11) is 1.64. The molecule has 0 spiro atoms. The Bertz CT molecular complexity index is 619. The average Bonchev–Trinajstić information content (AvgIpc) is 2.47. The fourth-order valence-corrected chi connectivity index (χ4v) is 1.66. The first-order chi connectivity index (χ1) is 10.2. The molecule has 0 aromatic carbocycles. The number of hydrogen-bond donors (Lipinski definition) is 3. The molecule has 8 heteroatoms. The van der Waals surface area contributed by atoms with Crippen LogP contribution in [0, 0.1) is 0 Å². The van der Waals surface area contributed by atoms with Gasteiger partial charge >= 0.3 is 6.03 Å². The van der Waals surface area contributed by atoms with Gasteiger partial charge in [-0.3, -0.25) is 5.32 Å². The Labute approximate surface area is 122 Å². The summed E-state index contributed by atoms with van der Waals surface area (Å²) in [6.07, 6.45) is 1.50. The summed E-state index contributed by atoms with van der Waals surface area (Å²) in [5, 5.41) is 8.34. The van der Waals surface area contributed by atoms with Gasteiger partial charge in [-0.05, 0) is 19.1 Å². The molecular formula is C13H18N6O2. The number of fused-ring (bicyclic) bond motifs is 1. The van der Waals surface area contributed by atoms with Crippen LogP contribution in [0.1, 0.15) is 6.92 Å². The van der Waals surface area contributed by atoms with E-state index in [1.54, 1.807) is 7.11 Å². The standard InChI is InChI=1S/C13H18N6O2/c1-3-14-13(20)19-11-8-16-9-4-5-10(15-6-7-21-2)17-12(9)18-11/h4-5,8H,3,6-7H2,1-2H3,(H3,14,15,17,18,19,20). The Morgan fingerprint density at radius 1 is 1.29 bits per heavy atom. The molecule has 3 N–H and O–H groups in total. The zero-order chi connectivity index (χ0) is 15.1. The number of methoxy groups -OCH3 is 1. The monoisotopic (exact) mass is 290 g/mol. The highest BCUT2D eigenvalue weighted by Gasteiger charge is 2.05. The molecule has 0 unspecified atom stereocenters. The minimum absolute atomic E-state index is 0.319. The zero-order valence-electron chi connectivity index (χ0n) is 12.0.